The van der Waals surface area contributed by atoms with E-state index >= 15 is 0 Å². The number of nitrogens with zero attached hydrogens (tertiary/aromatic N) is 1. The Kier molecular flexibility index (Phi) is 5.98. The highest BCUT2D eigenvalue weighted by Gasteiger charge is 2.22. The van der Waals surface area contributed by atoms with E-state index in [4.69, 9.17) is 16.7 Å². The number of carboxylic acid groups (broad SMARTS) is 1. The van der Waals surface area contributed by atoms with Crippen molar-refractivity contribution in [1.29, 1.82) is 0 Å². The highest BCUT2D eigenvalue weighted by Crippen LogP contribution is 2.22. The minimum absolute atomic E-state index is 0.00495. The van der Waals surface area contributed by atoms with Crippen LogP contribution in [0.2, 0.25) is 5.02 Å². The molecule has 1 amide bonds. The summed E-state index contributed by atoms with van der Waals surface area (Å²) >= 11 is 6.03. The number of carbonyl (C=O) groups is 2. The van der Waals surface area contributed by atoms with Crippen LogP contribution < -0.4 is 5.32 Å². The number of halogens is 1. The Hall–Kier alpha value is -1.59. The van der Waals surface area contributed by atoms with Gasteiger partial charge >= 0.3 is 5.97 Å². The molecular weight excluding hydrogens is 280 g/mol. The molecule has 0 aliphatic heterocycles. The lowest BCUT2D eigenvalue weighted by atomic mass is 10.2. The van der Waals surface area contributed by atoms with Gasteiger partial charge in [0.1, 0.15) is 6.04 Å². The Morgan fingerprint density at radius 3 is 2.60 bits per heavy atom. The predicted molar refractivity (Wildman–Crippen MR) is 79.2 cm³/mol. The number of rotatable bonds is 6. The van der Waals surface area contributed by atoms with E-state index in [0.717, 1.165) is 5.56 Å². The molecule has 0 aromatic heterocycles. The summed E-state index contributed by atoms with van der Waals surface area (Å²) in [4.78, 5) is 24.4. The van der Waals surface area contributed by atoms with Crippen LogP contribution >= 0.6 is 11.6 Å². The summed E-state index contributed by atoms with van der Waals surface area (Å²) in [7, 11) is 1.61. The van der Waals surface area contributed by atoms with Crippen molar-refractivity contribution in [3.8, 4) is 0 Å². The zero-order valence-corrected chi connectivity index (χ0v) is 12.6. The SMILES string of the molecule is CCC(C(=O)O)N(C)CC(=O)Nc1ccc(C)cc1Cl. The van der Waals surface area contributed by atoms with Gasteiger partial charge in [0.15, 0.2) is 0 Å². The fourth-order valence-electron chi connectivity index (χ4n) is 1.92. The summed E-state index contributed by atoms with van der Waals surface area (Å²) in [5.41, 5.74) is 1.53. The van der Waals surface area contributed by atoms with Crippen molar-refractivity contribution in [2.24, 2.45) is 0 Å². The summed E-state index contributed by atoms with van der Waals surface area (Å²) in [6.45, 7) is 3.67. The number of anilines is 1. The lowest BCUT2D eigenvalue weighted by molar-refractivity contribution is -0.143. The average Bonchev–Trinajstić information content (AvgIpc) is 2.33. The largest absolute Gasteiger partial charge is 0.480 e. The van der Waals surface area contributed by atoms with Crippen LogP contribution in [0, 0.1) is 6.92 Å². The van der Waals surface area contributed by atoms with Gasteiger partial charge in [-0.1, -0.05) is 24.6 Å². The number of hydrogen-bond acceptors (Lipinski definition) is 3. The number of carboxylic acids is 1. The molecule has 1 aromatic rings. The fraction of sp³-hybridized carbons (Fsp3) is 0.429. The Morgan fingerprint density at radius 1 is 1.45 bits per heavy atom. The molecule has 0 fully saturated rings. The fourth-order valence-corrected chi connectivity index (χ4v) is 2.21. The van der Waals surface area contributed by atoms with Gasteiger partial charge < -0.3 is 10.4 Å². The number of benzene rings is 1. The second-order valence-electron chi connectivity index (χ2n) is 4.71. The molecule has 0 saturated heterocycles. The van der Waals surface area contributed by atoms with Crippen molar-refractivity contribution in [3.63, 3.8) is 0 Å². The molecule has 6 heteroatoms. The molecule has 1 unspecified atom stereocenters. The first-order valence-electron chi connectivity index (χ1n) is 6.34. The van der Waals surface area contributed by atoms with Gasteiger partial charge in [0.2, 0.25) is 5.91 Å². The standard InChI is InChI=1S/C14H19ClN2O3/c1-4-12(14(19)20)17(3)8-13(18)16-11-6-5-9(2)7-10(11)15/h5-7,12H,4,8H2,1-3H3,(H,16,18)(H,19,20). The first-order chi connectivity index (χ1) is 9.35. The third-order valence-electron chi connectivity index (χ3n) is 3.00. The number of amides is 1. The molecule has 0 heterocycles. The summed E-state index contributed by atoms with van der Waals surface area (Å²) < 4.78 is 0. The number of nitrogens with one attached hydrogen (secondary N) is 1. The van der Waals surface area contributed by atoms with Crippen LogP contribution in [0.15, 0.2) is 18.2 Å². The zero-order chi connectivity index (χ0) is 15.3. The van der Waals surface area contributed by atoms with Crippen LogP contribution in [0.25, 0.3) is 0 Å². The Morgan fingerprint density at radius 2 is 2.10 bits per heavy atom. The van der Waals surface area contributed by atoms with Gasteiger partial charge in [-0.05, 0) is 38.1 Å². The van der Waals surface area contributed by atoms with Crippen molar-refractivity contribution in [2.75, 3.05) is 18.9 Å². The lowest BCUT2D eigenvalue weighted by Crippen LogP contribution is -2.42. The Labute approximate surface area is 123 Å². The van der Waals surface area contributed by atoms with Crippen LogP contribution in [-0.4, -0.2) is 41.5 Å². The smallest absolute Gasteiger partial charge is 0.320 e. The van der Waals surface area contributed by atoms with Crippen molar-refractivity contribution < 1.29 is 14.7 Å². The van der Waals surface area contributed by atoms with Gasteiger partial charge in [-0.3, -0.25) is 14.5 Å². The first kappa shape index (κ1) is 16.5. The van der Waals surface area contributed by atoms with E-state index in [2.05, 4.69) is 5.32 Å². The summed E-state index contributed by atoms with van der Waals surface area (Å²) in [6.07, 6.45) is 0.435. The molecular formula is C14H19ClN2O3. The summed E-state index contributed by atoms with van der Waals surface area (Å²) in [5, 5.41) is 12.2. The average molecular weight is 299 g/mol. The third kappa shape index (κ3) is 4.51. The second kappa shape index (κ2) is 7.26. The topological polar surface area (TPSA) is 69.6 Å². The van der Waals surface area contributed by atoms with Gasteiger partial charge in [-0.15, -0.1) is 0 Å². The van der Waals surface area contributed by atoms with E-state index in [1.807, 2.05) is 13.0 Å². The monoisotopic (exact) mass is 298 g/mol. The van der Waals surface area contributed by atoms with Gasteiger partial charge in [0.25, 0.3) is 0 Å². The van der Waals surface area contributed by atoms with Crippen molar-refractivity contribution in [2.45, 2.75) is 26.3 Å². The molecule has 0 radical (unpaired) electrons. The molecule has 0 aliphatic rings. The number of likely N-dealkylation sites (N-methyl/N-ethyl adjacent to an activating group) is 1. The van der Waals surface area contributed by atoms with Crippen LogP contribution in [0.4, 0.5) is 5.69 Å². The van der Waals surface area contributed by atoms with Crippen molar-refractivity contribution >= 4 is 29.2 Å². The molecule has 0 spiro atoms. The molecule has 0 bridgehead atoms. The molecule has 0 aliphatic carbocycles. The minimum Gasteiger partial charge on any atom is -0.480 e. The predicted octanol–water partition coefficient (Wildman–Crippen LogP) is 2.38. The van der Waals surface area contributed by atoms with E-state index in [1.165, 1.54) is 4.90 Å². The maximum Gasteiger partial charge on any atom is 0.320 e. The summed E-state index contributed by atoms with van der Waals surface area (Å²) in [5.74, 6) is -1.23. The van der Waals surface area contributed by atoms with Gasteiger partial charge in [-0.25, -0.2) is 0 Å². The van der Waals surface area contributed by atoms with E-state index in [-0.39, 0.29) is 12.5 Å². The van der Waals surface area contributed by atoms with Gasteiger partial charge in [0, 0.05) is 0 Å². The lowest BCUT2D eigenvalue weighted by Gasteiger charge is -2.22. The third-order valence-corrected chi connectivity index (χ3v) is 3.31. The van der Waals surface area contributed by atoms with E-state index in [0.29, 0.717) is 17.1 Å². The molecule has 0 saturated carbocycles. The first-order valence-corrected chi connectivity index (χ1v) is 6.72. The molecule has 20 heavy (non-hydrogen) atoms. The van der Waals surface area contributed by atoms with E-state index < -0.39 is 12.0 Å². The van der Waals surface area contributed by atoms with E-state index in [9.17, 15) is 9.59 Å². The molecule has 5 nitrogen and oxygen atoms in total. The van der Waals surface area contributed by atoms with Crippen LogP contribution in [0.3, 0.4) is 0 Å². The van der Waals surface area contributed by atoms with Crippen LogP contribution in [0.1, 0.15) is 18.9 Å². The maximum absolute atomic E-state index is 11.9. The zero-order valence-electron chi connectivity index (χ0n) is 11.8. The van der Waals surface area contributed by atoms with Crippen LogP contribution in [-0.2, 0) is 9.59 Å². The van der Waals surface area contributed by atoms with E-state index in [1.54, 1.807) is 26.1 Å². The molecule has 1 atom stereocenters. The maximum atomic E-state index is 11.9. The second-order valence-corrected chi connectivity index (χ2v) is 5.12. The number of carbonyl (C=O) groups excluding carboxylic acids is 1. The highest BCUT2D eigenvalue weighted by atomic mass is 35.5. The molecule has 1 aromatic carbocycles. The Balaban J connectivity index is 2.65. The number of aryl methyl sites for hydroxylation is 1. The molecule has 1 rings (SSSR count). The highest BCUT2D eigenvalue weighted by molar-refractivity contribution is 6.33. The minimum atomic E-state index is -0.934. The van der Waals surface area contributed by atoms with Gasteiger partial charge in [-0.2, -0.15) is 0 Å². The van der Waals surface area contributed by atoms with Crippen molar-refractivity contribution in [1.82, 2.24) is 4.90 Å². The Bertz CT molecular complexity index is 505. The van der Waals surface area contributed by atoms with Crippen LogP contribution in [0.5, 0.6) is 0 Å². The number of hydrogen-bond donors (Lipinski definition) is 2. The normalized spacial score (nSPS) is 12.2. The molecule has 2 N–H and O–H groups in total. The number of aliphatic carboxylic acids is 1. The van der Waals surface area contributed by atoms with Crippen molar-refractivity contribution in [3.05, 3.63) is 28.8 Å². The quantitative estimate of drug-likeness (QED) is 0.846. The molecule has 110 valence electrons. The van der Waals surface area contributed by atoms with Gasteiger partial charge in [0.05, 0.1) is 17.3 Å². The summed E-state index contributed by atoms with van der Waals surface area (Å²) in [6, 6.07) is 4.66.